The molecule has 0 aliphatic carbocycles. The minimum atomic E-state index is -3.75. The first-order chi connectivity index (χ1) is 13.9. The molecular formula is C20H25FN4O3S. The normalized spacial score (nSPS) is 23.7. The Morgan fingerprint density at radius 2 is 1.97 bits per heavy atom. The number of rotatable bonds is 4. The molecule has 7 nitrogen and oxygen atoms in total. The number of aromatic nitrogens is 2. The zero-order chi connectivity index (χ0) is 20.6. The van der Waals surface area contributed by atoms with Crippen LogP contribution in [0.3, 0.4) is 0 Å². The van der Waals surface area contributed by atoms with Crippen molar-refractivity contribution in [3.63, 3.8) is 0 Å². The smallest absolute Gasteiger partial charge is 0.262 e. The van der Waals surface area contributed by atoms with Gasteiger partial charge in [-0.2, -0.15) is 4.31 Å². The lowest BCUT2D eigenvalue weighted by Gasteiger charge is -2.37. The molecule has 0 unspecified atom stereocenters. The SMILES string of the molecule is Cn1cnc(S(=O)(=O)N2CC[C@H]3[C@H]2CCCCC(=O)N3Cc2ccccc2F)c1. The van der Waals surface area contributed by atoms with Gasteiger partial charge in [0, 0.05) is 50.4 Å². The van der Waals surface area contributed by atoms with E-state index in [9.17, 15) is 17.6 Å². The van der Waals surface area contributed by atoms with Gasteiger partial charge >= 0.3 is 0 Å². The number of benzene rings is 1. The van der Waals surface area contributed by atoms with Crippen LogP contribution in [0.5, 0.6) is 0 Å². The van der Waals surface area contributed by atoms with Gasteiger partial charge in [0.25, 0.3) is 10.0 Å². The molecular weight excluding hydrogens is 395 g/mol. The van der Waals surface area contributed by atoms with Gasteiger partial charge in [-0.05, 0) is 25.3 Å². The first-order valence-corrected chi connectivity index (χ1v) is 11.3. The molecule has 0 bridgehead atoms. The Morgan fingerprint density at radius 1 is 1.17 bits per heavy atom. The van der Waals surface area contributed by atoms with Gasteiger partial charge in [-0.25, -0.2) is 17.8 Å². The maximum Gasteiger partial charge on any atom is 0.262 e. The van der Waals surface area contributed by atoms with Crippen molar-refractivity contribution in [1.29, 1.82) is 0 Å². The van der Waals surface area contributed by atoms with Crippen LogP contribution in [0.2, 0.25) is 0 Å². The number of likely N-dealkylation sites (tertiary alicyclic amines) is 1. The average Bonchev–Trinajstić information content (AvgIpc) is 3.30. The molecule has 2 aliphatic heterocycles. The van der Waals surface area contributed by atoms with E-state index in [1.165, 1.54) is 22.9 Å². The summed E-state index contributed by atoms with van der Waals surface area (Å²) in [6.45, 7) is 0.486. The number of aryl methyl sites for hydroxylation is 1. The Balaban J connectivity index is 1.65. The van der Waals surface area contributed by atoms with Crippen molar-refractivity contribution >= 4 is 15.9 Å². The van der Waals surface area contributed by atoms with Gasteiger partial charge in [0.1, 0.15) is 5.82 Å². The van der Waals surface area contributed by atoms with E-state index in [4.69, 9.17) is 0 Å². The van der Waals surface area contributed by atoms with Crippen molar-refractivity contribution in [1.82, 2.24) is 18.8 Å². The van der Waals surface area contributed by atoms with Crippen LogP contribution in [0.4, 0.5) is 4.39 Å². The van der Waals surface area contributed by atoms with Gasteiger partial charge in [0.2, 0.25) is 5.91 Å². The summed E-state index contributed by atoms with van der Waals surface area (Å²) in [4.78, 5) is 18.6. The van der Waals surface area contributed by atoms with Crippen LogP contribution in [0, 0.1) is 5.82 Å². The van der Waals surface area contributed by atoms with Gasteiger partial charge in [-0.15, -0.1) is 0 Å². The number of imidazole rings is 1. The van der Waals surface area contributed by atoms with Gasteiger partial charge < -0.3 is 9.47 Å². The van der Waals surface area contributed by atoms with E-state index in [1.54, 1.807) is 34.7 Å². The predicted molar refractivity (Wildman–Crippen MR) is 105 cm³/mol. The molecule has 3 heterocycles. The van der Waals surface area contributed by atoms with E-state index in [0.717, 1.165) is 6.42 Å². The maximum absolute atomic E-state index is 14.2. The number of amides is 1. The molecule has 156 valence electrons. The van der Waals surface area contributed by atoms with Crippen LogP contribution < -0.4 is 0 Å². The van der Waals surface area contributed by atoms with Crippen LogP contribution in [0.25, 0.3) is 0 Å². The van der Waals surface area contributed by atoms with Crippen molar-refractivity contribution in [2.45, 2.75) is 55.8 Å². The van der Waals surface area contributed by atoms with Crippen molar-refractivity contribution in [3.05, 3.63) is 48.2 Å². The molecule has 1 amide bonds. The number of halogens is 1. The molecule has 9 heteroatoms. The Bertz CT molecular complexity index is 1010. The van der Waals surface area contributed by atoms with Crippen LogP contribution in [-0.4, -0.2) is 51.7 Å². The monoisotopic (exact) mass is 420 g/mol. The molecule has 0 spiro atoms. The van der Waals surface area contributed by atoms with Gasteiger partial charge in [-0.3, -0.25) is 4.79 Å². The largest absolute Gasteiger partial charge is 0.339 e. The topological polar surface area (TPSA) is 75.5 Å². The number of carbonyl (C=O) groups is 1. The fourth-order valence-electron chi connectivity index (χ4n) is 4.42. The van der Waals surface area contributed by atoms with Crippen LogP contribution in [-0.2, 0) is 28.4 Å². The molecule has 1 aromatic carbocycles. The molecule has 0 saturated carbocycles. The van der Waals surface area contributed by atoms with Crippen molar-refractivity contribution in [2.75, 3.05) is 6.54 Å². The Kier molecular flexibility index (Phi) is 5.44. The number of carbonyl (C=O) groups excluding carboxylic acids is 1. The molecule has 4 rings (SSSR count). The summed E-state index contributed by atoms with van der Waals surface area (Å²) >= 11 is 0. The quantitative estimate of drug-likeness (QED) is 0.761. The van der Waals surface area contributed by atoms with Crippen molar-refractivity contribution in [2.24, 2.45) is 7.05 Å². The summed E-state index contributed by atoms with van der Waals surface area (Å²) in [7, 11) is -2.02. The van der Waals surface area contributed by atoms with Crippen molar-refractivity contribution < 1.29 is 17.6 Å². The van der Waals surface area contributed by atoms with Crippen molar-refractivity contribution in [3.8, 4) is 0 Å². The Labute approximate surface area is 170 Å². The summed E-state index contributed by atoms with van der Waals surface area (Å²) in [5.41, 5.74) is 0.450. The highest BCUT2D eigenvalue weighted by Crippen LogP contribution is 2.34. The number of hydrogen-bond donors (Lipinski definition) is 0. The second-order valence-corrected chi connectivity index (χ2v) is 9.61. The molecule has 2 aliphatic rings. The van der Waals surface area contributed by atoms with E-state index in [-0.39, 0.29) is 35.4 Å². The molecule has 0 radical (unpaired) electrons. The fourth-order valence-corrected chi connectivity index (χ4v) is 6.09. The number of nitrogens with zero attached hydrogens (tertiary/aromatic N) is 4. The second kappa shape index (κ2) is 7.87. The third kappa shape index (κ3) is 3.81. The zero-order valence-electron chi connectivity index (χ0n) is 16.4. The van der Waals surface area contributed by atoms with Crippen LogP contribution in [0.1, 0.15) is 37.7 Å². The van der Waals surface area contributed by atoms with E-state index < -0.39 is 10.0 Å². The number of fused-ring (bicyclic) bond motifs is 1. The standard InChI is InChI=1S/C20H25FN4O3S/c1-23-13-19(22-14-23)29(27,28)25-11-10-17-18(25)8-4-5-9-20(26)24(17)12-15-6-2-3-7-16(15)21/h2-3,6-7,13-14,17-18H,4-5,8-12H2,1H3/t17-,18+/m0/s1. The second-order valence-electron chi connectivity index (χ2n) is 7.78. The first-order valence-electron chi connectivity index (χ1n) is 9.90. The highest BCUT2D eigenvalue weighted by Gasteiger charge is 2.46. The molecule has 0 N–H and O–H groups in total. The summed E-state index contributed by atoms with van der Waals surface area (Å²) in [5.74, 6) is -0.394. The molecule has 29 heavy (non-hydrogen) atoms. The number of sulfonamides is 1. The molecule has 2 atom stereocenters. The minimum Gasteiger partial charge on any atom is -0.339 e. The molecule has 2 fully saturated rings. The Hall–Kier alpha value is -2.26. The van der Waals surface area contributed by atoms with Gasteiger partial charge in [-0.1, -0.05) is 24.6 Å². The van der Waals surface area contributed by atoms with Gasteiger partial charge in [0.05, 0.1) is 6.33 Å². The predicted octanol–water partition coefficient (Wildman–Crippen LogP) is 2.29. The fraction of sp³-hybridized carbons (Fsp3) is 0.500. The highest BCUT2D eigenvalue weighted by molar-refractivity contribution is 7.89. The van der Waals surface area contributed by atoms with Crippen LogP contribution in [0.15, 0.2) is 41.8 Å². The summed E-state index contributed by atoms with van der Waals surface area (Å²) in [6, 6.07) is 5.84. The third-order valence-electron chi connectivity index (χ3n) is 5.87. The molecule has 2 saturated heterocycles. The maximum atomic E-state index is 14.2. The summed E-state index contributed by atoms with van der Waals surface area (Å²) in [6.07, 6.45) is 6.07. The molecule has 2 aromatic rings. The highest BCUT2D eigenvalue weighted by atomic mass is 32.2. The van der Waals surface area contributed by atoms with E-state index in [2.05, 4.69) is 4.98 Å². The number of hydrogen-bond acceptors (Lipinski definition) is 4. The lowest BCUT2D eigenvalue weighted by molar-refractivity contribution is -0.135. The average molecular weight is 421 g/mol. The first kappa shape index (κ1) is 20.0. The zero-order valence-corrected chi connectivity index (χ0v) is 17.2. The summed E-state index contributed by atoms with van der Waals surface area (Å²) in [5, 5.41) is 0.0229. The molecule has 1 aromatic heterocycles. The lowest BCUT2D eigenvalue weighted by atomic mass is 9.96. The third-order valence-corrected chi connectivity index (χ3v) is 7.68. The van der Waals surface area contributed by atoms with Crippen LogP contribution >= 0.6 is 0 Å². The van der Waals surface area contributed by atoms with E-state index in [1.807, 2.05) is 0 Å². The van der Waals surface area contributed by atoms with Gasteiger partial charge in [0.15, 0.2) is 5.03 Å². The Morgan fingerprint density at radius 3 is 2.69 bits per heavy atom. The minimum absolute atomic E-state index is 0.0229. The van der Waals surface area contributed by atoms with E-state index in [0.29, 0.717) is 37.8 Å². The summed E-state index contributed by atoms with van der Waals surface area (Å²) < 4.78 is 43.7. The van der Waals surface area contributed by atoms with E-state index >= 15 is 0 Å². The lowest BCUT2D eigenvalue weighted by Crippen LogP contribution is -2.49.